The largest absolute Gasteiger partial charge is 0.466 e. The first kappa shape index (κ1) is 12.7. The smallest absolute Gasteiger partial charge is 0.313 e. The number of carbonyl (C=O) groups is 1. The van der Waals surface area contributed by atoms with Crippen molar-refractivity contribution in [2.75, 3.05) is 6.61 Å². The summed E-state index contributed by atoms with van der Waals surface area (Å²) in [4.78, 5) is 15.2. The summed E-state index contributed by atoms with van der Waals surface area (Å²) in [6.45, 7) is 6.33. The fourth-order valence-electron chi connectivity index (χ4n) is 2.30. The lowest BCUT2D eigenvalue weighted by atomic mass is 9.95. The summed E-state index contributed by atoms with van der Waals surface area (Å²) < 4.78 is 5.15. The number of H-pyrrole nitrogens is 1. The lowest BCUT2D eigenvalue weighted by Crippen LogP contribution is -2.15. The predicted octanol–water partition coefficient (Wildman–Crippen LogP) is 3.53. The van der Waals surface area contributed by atoms with Crippen LogP contribution in [0.25, 0.3) is 10.9 Å². The van der Waals surface area contributed by atoms with Gasteiger partial charge in [0.25, 0.3) is 0 Å². The van der Waals surface area contributed by atoms with Gasteiger partial charge in [0.2, 0.25) is 0 Å². The molecule has 0 saturated heterocycles. The Morgan fingerprint density at radius 2 is 2.17 bits per heavy atom. The van der Waals surface area contributed by atoms with Gasteiger partial charge >= 0.3 is 5.97 Å². The fraction of sp³-hybridized carbons (Fsp3) is 0.400. The van der Waals surface area contributed by atoms with E-state index in [-0.39, 0.29) is 11.9 Å². The van der Waals surface area contributed by atoms with Crippen molar-refractivity contribution in [2.24, 2.45) is 0 Å². The van der Waals surface area contributed by atoms with E-state index in [1.165, 1.54) is 5.56 Å². The maximum Gasteiger partial charge on any atom is 0.313 e. The number of esters is 1. The molecule has 0 radical (unpaired) electrons. The number of ether oxygens (including phenoxy) is 1. The number of benzene rings is 1. The quantitative estimate of drug-likeness (QED) is 0.837. The zero-order valence-corrected chi connectivity index (χ0v) is 11.1. The summed E-state index contributed by atoms with van der Waals surface area (Å²) in [5.74, 6) is -0.317. The minimum atomic E-state index is -0.180. The van der Waals surface area contributed by atoms with E-state index in [4.69, 9.17) is 4.74 Å². The Kier molecular flexibility index (Phi) is 3.70. The van der Waals surface area contributed by atoms with Gasteiger partial charge in [0.05, 0.1) is 12.5 Å². The number of fused-ring (bicyclic) bond motifs is 1. The molecule has 1 atom stereocenters. The Hall–Kier alpha value is -1.77. The minimum Gasteiger partial charge on any atom is -0.466 e. The second kappa shape index (κ2) is 5.25. The average molecular weight is 245 g/mol. The minimum absolute atomic E-state index is 0.137. The third-order valence-corrected chi connectivity index (χ3v) is 3.22. The molecular weight excluding hydrogens is 226 g/mol. The fourth-order valence-corrected chi connectivity index (χ4v) is 2.30. The van der Waals surface area contributed by atoms with E-state index < -0.39 is 0 Å². The molecule has 1 heterocycles. The van der Waals surface area contributed by atoms with Crippen molar-refractivity contribution in [2.45, 2.75) is 33.1 Å². The molecule has 3 nitrogen and oxygen atoms in total. The van der Waals surface area contributed by atoms with Gasteiger partial charge in [0.15, 0.2) is 0 Å². The van der Waals surface area contributed by atoms with Gasteiger partial charge in [-0.05, 0) is 38.0 Å². The average Bonchev–Trinajstić information content (AvgIpc) is 2.74. The number of aromatic nitrogens is 1. The normalized spacial score (nSPS) is 12.6. The lowest BCUT2D eigenvalue weighted by molar-refractivity contribution is -0.145. The van der Waals surface area contributed by atoms with Crippen LogP contribution in [-0.2, 0) is 9.53 Å². The van der Waals surface area contributed by atoms with Crippen molar-refractivity contribution in [3.05, 3.63) is 35.5 Å². The lowest BCUT2D eigenvalue weighted by Gasteiger charge is -2.12. The summed E-state index contributed by atoms with van der Waals surface area (Å²) >= 11 is 0. The monoisotopic (exact) mass is 245 g/mol. The molecule has 1 unspecified atom stereocenters. The second-order valence-corrected chi connectivity index (χ2v) is 4.51. The number of nitrogens with one attached hydrogen (secondary N) is 1. The van der Waals surface area contributed by atoms with Crippen molar-refractivity contribution in [1.82, 2.24) is 4.98 Å². The Morgan fingerprint density at radius 3 is 2.83 bits per heavy atom. The second-order valence-electron chi connectivity index (χ2n) is 4.51. The van der Waals surface area contributed by atoms with Gasteiger partial charge in [0, 0.05) is 17.1 Å². The van der Waals surface area contributed by atoms with Crippen LogP contribution < -0.4 is 0 Å². The maximum absolute atomic E-state index is 12.0. The molecule has 96 valence electrons. The summed E-state index contributed by atoms with van der Waals surface area (Å²) in [7, 11) is 0. The van der Waals surface area contributed by atoms with Crippen LogP contribution in [-0.4, -0.2) is 17.6 Å². The number of aryl methyl sites for hydroxylation is 1. The summed E-state index contributed by atoms with van der Waals surface area (Å²) in [6, 6.07) is 6.23. The molecule has 2 rings (SSSR count). The Morgan fingerprint density at radius 1 is 1.39 bits per heavy atom. The molecule has 0 fully saturated rings. The van der Waals surface area contributed by atoms with Gasteiger partial charge in [-0.3, -0.25) is 4.79 Å². The van der Waals surface area contributed by atoms with Gasteiger partial charge in [0.1, 0.15) is 0 Å². The molecule has 0 aliphatic carbocycles. The molecular formula is C15H19NO2. The molecule has 0 aliphatic heterocycles. The number of carbonyl (C=O) groups excluding carboxylic acids is 1. The summed E-state index contributed by atoms with van der Waals surface area (Å²) in [5.41, 5.74) is 3.30. The SMILES string of the molecule is CCOC(=O)C(CC)c1c[nH]c2ccc(C)cc12. The van der Waals surface area contributed by atoms with E-state index in [1.54, 1.807) is 0 Å². The molecule has 1 N–H and O–H groups in total. The Labute approximate surface area is 107 Å². The van der Waals surface area contributed by atoms with E-state index in [1.807, 2.05) is 26.1 Å². The molecule has 0 spiro atoms. The molecule has 18 heavy (non-hydrogen) atoms. The molecule has 2 aromatic rings. The van der Waals surface area contributed by atoms with Crippen molar-refractivity contribution in [3.8, 4) is 0 Å². The van der Waals surface area contributed by atoms with Crippen LogP contribution in [0.15, 0.2) is 24.4 Å². The van der Waals surface area contributed by atoms with Crippen LogP contribution in [0.4, 0.5) is 0 Å². The molecule has 0 aliphatic rings. The van der Waals surface area contributed by atoms with Crippen molar-refractivity contribution in [3.63, 3.8) is 0 Å². The molecule has 3 heteroatoms. The highest BCUT2D eigenvalue weighted by Gasteiger charge is 2.22. The molecule has 0 bridgehead atoms. The highest BCUT2D eigenvalue weighted by atomic mass is 16.5. The number of hydrogen-bond donors (Lipinski definition) is 1. The standard InChI is InChI=1S/C15H19NO2/c1-4-11(15(17)18-5-2)13-9-16-14-7-6-10(3)8-12(13)14/h6-9,11,16H,4-5H2,1-3H3. The first-order valence-electron chi connectivity index (χ1n) is 6.41. The highest BCUT2D eigenvalue weighted by molar-refractivity contribution is 5.90. The van der Waals surface area contributed by atoms with Crippen LogP contribution in [0.5, 0.6) is 0 Å². The number of rotatable bonds is 4. The van der Waals surface area contributed by atoms with Gasteiger partial charge in [-0.25, -0.2) is 0 Å². The van der Waals surface area contributed by atoms with Crippen LogP contribution in [0, 0.1) is 6.92 Å². The van der Waals surface area contributed by atoms with Crippen LogP contribution in [0.2, 0.25) is 0 Å². The van der Waals surface area contributed by atoms with E-state index in [9.17, 15) is 4.79 Å². The van der Waals surface area contributed by atoms with E-state index in [0.717, 1.165) is 22.9 Å². The van der Waals surface area contributed by atoms with Crippen LogP contribution >= 0.6 is 0 Å². The molecule has 0 amide bonds. The zero-order valence-electron chi connectivity index (χ0n) is 11.1. The topological polar surface area (TPSA) is 42.1 Å². The number of aromatic amines is 1. The van der Waals surface area contributed by atoms with E-state index in [0.29, 0.717) is 6.61 Å². The van der Waals surface area contributed by atoms with Gasteiger partial charge in [-0.2, -0.15) is 0 Å². The first-order chi connectivity index (χ1) is 8.67. The molecule has 1 aromatic heterocycles. The molecule has 1 aromatic carbocycles. The van der Waals surface area contributed by atoms with Crippen molar-refractivity contribution < 1.29 is 9.53 Å². The summed E-state index contributed by atoms with van der Waals surface area (Å²) in [5, 5.41) is 1.12. The summed E-state index contributed by atoms with van der Waals surface area (Å²) in [6.07, 6.45) is 2.68. The Bertz CT molecular complexity index is 557. The first-order valence-corrected chi connectivity index (χ1v) is 6.41. The van der Waals surface area contributed by atoms with E-state index >= 15 is 0 Å². The van der Waals surface area contributed by atoms with Crippen LogP contribution in [0.3, 0.4) is 0 Å². The third-order valence-electron chi connectivity index (χ3n) is 3.22. The van der Waals surface area contributed by atoms with E-state index in [2.05, 4.69) is 24.0 Å². The van der Waals surface area contributed by atoms with Crippen molar-refractivity contribution >= 4 is 16.9 Å². The third kappa shape index (κ3) is 2.26. The number of hydrogen-bond acceptors (Lipinski definition) is 2. The zero-order chi connectivity index (χ0) is 13.1. The maximum atomic E-state index is 12.0. The Balaban J connectivity index is 2.45. The highest BCUT2D eigenvalue weighted by Crippen LogP contribution is 2.29. The predicted molar refractivity (Wildman–Crippen MR) is 72.7 cm³/mol. The van der Waals surface area contributed by atoms with Gasteiger partial charge < -0.3 is 9.72 Å². The molecule has 0 saturated carbocycles. The van der Waals surface area contributed by atoms with Gasteiger partial charge in [-0.15, -0.1) is 0 Å². The van der Waals surface area contributed by atoms with Crippen LogP contribution in [0.1, 0.15) is 37.3 Å². The van der Waals surface area contributed by atoms with Crippen molar-refractivity contribution in [1.29, 1.82) is 0 Å². The van der Waals surface area contributed by atoms with Gasteiger partial charge in [-0.1, -0.05) is 18.6 Å².